The number of likely N-dealkylation sites (tertiary alicyclic amines) is 1. The number of nitrogens with zero attached hydrogens (tertiary/aromatic N) is 1. The summed E-state index contributed by atoms with van der Waals surface area (Å²) in [4.78, 5) is 14.9. The zero-order chi connectivity index (χ0) is 22.5. The van der Waals surface area contributed by atoms with Crippen LogP contribution in [0.2, 0.25) is 0 Å². The van der Waals surface area contributed by atoms with E-state index in [0.717, 1.165) is 34.7 Å². The van der Waals surface area contributed by atoms with Gasteiger partial charge < -0.3 is 10.1 Å². The molecule has 3 aromatic rings. The maximum Gasteiger partial charge on any atom is 0.227 e. The highest BCUT2D eigenvalue weighted by atomic mass is 19.1. The highest BCUT2D eigenvalue weighted by Gasteiger charge is 2.25. The fourth-order valence-electron chi connectivity index (χ4n) is 4.08. The average Bonchev–Trinajstić information content (AvgIpc) is 2.82. The van der Waals surface area contributed by atoms with Crippen LogP contribution < -0.4 is 10.1 Å². The maximum absolute atomic E-state index is 13.9. The molecule has 4 nitrogen and oxygen atoms in total. The van der Waals surface area contributed by atoms with Crippen LogP contribution in [-0.4, -0.2) is 31.0 Å². The largest absolute Gasteiger partial charge is 0.497 e. The molecular formula is C26H26F2N2O2. The molecule has 0 aliphatic carbocycles. The summed E-state index contributed by atoms with van der Waals surface area (Å²) in [7, 11) is 1.63. The van der Waals surface area contributed by atoms with Gasteiger partial charge in [0.15, 0.2) is 0 Å². The lowest BCUT2D eigenvalue weighted by Gasteiger charge is -2.31. The van der Waals surface area contributed by atoms with Crippen molar-refractivity contribution in [3.8, 4) is 16.9 Å². The van der Waals surface area contributed by atoms with Crippen LogP contribution in [0.3, 0.4) is 0 Å². The molecule has 0 spiro atoms. The second-order valence-electron chi connectivity index (χ2n) is 8.09. The first-order chi connectivity index (χ1) is 15.5. The van der Waals surface area contributed by atoms with Gasteiger partial charge in [-0.1, -0.05) is 24.3 Å². The number of halogens is 2. The van der Waals surface area contributed by atoms with Crippen molar-refractivity contribution in [1.29, 1.82) is 0 Å². The highest BCUT2D eigenvalue weighted by Crippen LogP contribution is 2.27. The number of ether oxygens (including phenoxy) is 1. The van der Waals surface area contributed by atoms with E-state index in [4.69, 9.17) is 4.74 Å². The van der Waals surface area contributed by atoms with Gasteiger partial charge in [0.1, 0.15) is 17.4 Å². The van der Waals surface area contributed by atoms with Gasteiger partial charge in [-0.2, -0.15) is 0 Å². The topological polar surface area (TPSA) is 41.6 Å². The van der Waals surface area contributed by atoms with Gasteiger partial charge in [0.25, 0.3) is 0 Å². The number of nitrogens with one attached hydrogen (secondary N) is 1. The Kier molecular flexibility index (Phi) is 6.81. The summed E-state index contributed by atoms with van der Waals surface area (Å²) in [5.74, 6) is -0.177. The number of hydrogen-bond donors (Lipinski definition) is 1. The SMILES string of the molecule is COc1cccc(-c2cccc(NC(=O)C3CCN(Cc4cc(F)ccc4F)CC3)c2)c1. The molecular weight excluding hydrogens is 410 g/mol. The van der Waals surface area contributed by atoms with Crippen molar-refractivity contribution in [1.82, 2.24) is 4.90 Å². The molecule has 32 heavy (non-hydrogen) atoms. The van der Waals surface area contributed by atoms with E-state index in [1.807, 2.05) is 48.5 Å². The number of carbonyl (C=O) groups excluding carboxylic acids is 1. The van der Waals surface area contributed by atoms with E-state index in [2.05, 4.69) is 10.2 Å². The number of carbonyl (C=O) groups is 1. The molecule has 4 rings (SSSR count). The molecule has 0 saturated carbocycles. The van der Waals surface area contributed by atoms with Gasteiger partial charge in [0.05, 0.1) is 7.11 Å². The Hall–Kier alpha value is -3.25. The summed E-state index contributed by atoms with van der Waals surface area (Å²) in [6.07, 6.45) is 1.36. The molecule has 0 bridgehead atoms. The summed E-state index contributed by atoms with van der Waals surface area (Å²) in [6, 6.07) is 19.0. The van der Waals surface area contributed by atoms with Crippen molar-refractivity contribution < 1.29 is 18.3 Å². The van der Waals surface area contributed by atoms with Crippen LogP contribution in [0.1, 0.15) is 18.4 Å². The number of methoxy groups -OCH3 is 1. The quantitative estimate of drug-likeness (QED) is 0.556. The number of benzene rings is 3. The Bertz CT molecular complexity index is 1090. The lowest BCUT2D eigenvalue weighted by Crippen LogP contribution is -2.37. The smallest absolute Gasteiger partial charge is 0.227 e. The van der Waals surface area contributed by atoms with Gasteiger partial charge in [-0.3, -0.25) is 9.69 Å². The van der Waals surface area contributed by atoms with Crippen LogP contribution in [0, 0.1) is 17.6 Å². The molecule has 6 heteroatoms. The third-order valence-corrected chi connectivity index (χ3v) is 5.89. The zero-order valence-corrected chi connectivity index (χ0v) is 18.0. The number of amides is 1. The molecule has 1 saturated heterocycles. The highest BCUT2D eigenvalue weighted by molar-refractivity contribution is 5.93. The number of hydrogen-bond acceptors (Lipinski definition) is 3. The molecule has 1 N–H and O–H groups in total. The summed E-state index contributed by atoms with van der Waals surface area (Å²) in [6.45, 7) is 1.68. The summed E-state index contributed by atoms with van der Waals surface area (Å²) >= 11 is 0. The Morgan fingerprint density at radius 1 is 1.00 bits per heavy atom. The van der Waals surface area contributed by atoms with Crippen molar-refractivity contribution >= 4 is 11.6 Å². The molecule has 0 unspecified atom stereocenters. The molecule has 166 valence electrons. The zero-order valence-electron chi connectivity index (χ0n) is 18.0. The number of anilines is 1. The fourth-order valence-corrected chi connectivity index (χ4v) is 4.08. The van der Waals surface area contributed by atoms with Crippen molar-refractivity contribution in [2.75, 3.05) is 25.5 Å². The van der Waals surface area contributed by atoms with Crippen LogP contribution in [0.4, 0.5) is 14.5 Å². The van der Waals surface area contributed by atoms with Crippen LogP contribution in [0.15, 0.2) is 66.7 Å². The van der Waals surface area contributed by atoms with Crippen LogP contribution in [0.25, 0.3) is 11.1 Å². The van der Waals surface area contributed by atoms with Crippen molar-refractivity contribution in [3.05, 3.63) is 83.9 Å². The standard InChI is InChI=1S/C26H26F2N2O2/c1-32-24-7-3-5-20(16-24)19-4-2-6-23(15-19)29-26(31)18-10-12-30(13-11-18)17-21-14-22(27)8-9-25(21)28/h2-9,14-16,18H,10-13,17H2,1H3,(H,29,31). The molecule has 1 heterocycles. The minimum atomic E-state index is -0.438. The lowest BCUT2D eigenvalue weighted by molar-refractivity contribution is -0.121. The van der Waals surface area contributed by atoms with Gasteiger partial charge in [-0.05, 0) is 79.5 Å². The van der Waals surface area contributed by atoms with E-state index in [-0.39, 0.29) is 11.8 Å². The van der Waals surface area contributed by atoms with Gasteiger partial charge in [-0.15, -0.1) is 0 Å². The minimum absolute atomic E-state index is 0.00983. The molecule has 1 amide bonds. The van der Waals surface area contributed by atoms with E-state index < -0.39 is 11.6 Å². The molecule has 3 aromatic carbocycles. The second-order valence-corrected chi connectivity index (χ2v) is 8.09. The lowest BCUT2D eigenvalue weighted by atomic mass is 9.95. The Morgan fingerprint density at radius 2 is 1.72 bits per heavy atom. The molecule has 0 radical (unpaired) electrons. The summed E-state index contributed by atoms with van der Waals surface area (Å²) in [5.41, 5.74) is 3.11. The van der Waals surface area contributed by atoms with E-state index in [0.29, 0.717) is 38.0 Å². The number of rotatable bonds is 6. The Morgan fingerprint density at radius 3 is 2.47 bits per heavy atom. The third kappa shape index (κ3) is 5.32. The summed E-state index contributed by atoms with van der Waals surface area (Å²) < 4.78 is 32.6. The van der Waals surface area contributed by atoms with Crippen LogP contribution in [-0.2, 0) is 11.3 Å². The van der Waals surface area contributed by atoms with E-state index in [1.54, 1.807) is 7.11 Å². The molecule has 0 aromatic heterocycles. The van der Waals surface area contributed by atoms with E-state index in [9.17, 15) is 13.6 Å². The number of piperidine rings is 1. The molecule has 1 aliphatic rings. The van der Waals surface area contributed by atoms with Crippen LogP contribution in [0.5, 0.6) is 5.75 Å². The predicted octanol–water partition coefficient (Wildman–Crippen LogP) is 5.49. The predicted molar refractivity (Wildman–Crippen MR) is 121 cm³/mol. The summed E-state index contributed by atoms with van der Waals surface area (Å²) in [5, 5.41) is 3.03. The minimum Gasteiger partial charge on any atom is -0.497 e. The first kappa shape index (κ1) is 22.0. The molecule has 1 fully saturated rings. The normalized spacial score (nSPS) is 14.8. The Labute approximate surface area is 186 Å². The third-order valence-electron chi connectivity index (χ3n) is 5.89. The van der Waals surface area contributed by atoms with E-state index in [1.165, 1.54) is 6.07 Å². The second kappa shape index (κ2) is 9.92. The first-order valence-electron chi connectivity index (χ1n) is 10.7. The van der Waals surface area contributed by atoms with Gasteiger partial charge in [0, 0.05) is 23.7 Å². The first-order valence-corrected chi connectivity index (χ1v) is 10.7. The van der Waals surface area contributed by atoms with Gasteiger partial charge in [0.2, 0.25) is 5.91 Å². The molecule has 0 atom stereocenters. The van der Waals surface area contributed by atoms with Crippen LogP contribution >= 0.6 is 0 Å². The maximum atomic E-state index is 13.9. The van der Waals surface area contributed by atoms with E-state index >= 15 is 0 Å². The Balaban J connectivity index is 1.34. The average molecular weight is 437 g/mol. The van der Waals surface area contributed by atoms with Crippen molar-refractivity contribution in [2.24, 2.45) is 5.92 Å². The van der Waals surface area contributed by atoms with Crippen molar-refractivity contribution in [2.45, 2.75) is 19.4 Å². The van der Waals surface area contributed by atoms with Gasteiger partial charge >= 0.3 is 0 Å². The fraction of sp³-hybridized carbons (Fsp3) is 0.269. The van der Waals surface area contributed by atoms with Gasteiger partial charge in [-0.25, -0.2) is 8.78 Å². The molecule has 1 aliphatic heterocycles. The van der Waals surface area contributed by atoms with Crippen molar-refractivity contribution in [3.63, 3.8) is 0 Å². The monoisotopic (exact) mass is 436 g/mol.